The van der Waals surface area contributed by atoms with Gasteiger partial charge in [0.15, 0.2) is 5.82 Å². The molecule has 19 heavy (non-hydrogen) atoms. The molecule has 0 aromatic carbocycles. The number of rotatable bonds is 3. The fourth-order valence-corrected chi connectivity index (χ4v) is 4.19. The summed E-state index contributed by atoms with van der Waals surface area (Å²) in [5.41, 5.74) is 6.27. The van der Waals surface area contributed by atoms with E-state index in [2.05, 4.69) is 5.10 Å². The van der Waals surface area contributed by atoms with E-state index < -0.39 is 10.0 Å². The second-order valence-corrected chi connectivity index (χ2v) is 6.81. The summed E-state index contributed by atoms with van der Waals surface area (Å²) in [4.78, 5) is 0.0941. The lowest BCUT2D eigenvalue weighted by molar-refractivity contribution is 0.102. The molecule has 0 amide bonds. The molecule has 0 saturated carbocycles. The number of nitrogens with zero attached hydrogens (tertiary/aromatic N) is 3. The molecule has 8 heteroatoms. The van der Waals surface area contributed by atoms with Crippen LogP contribution in [0.4, 0.5) is 5.82 Å². The van der Waals surface area contributed by atoms with Gasteiger partial charge in [0.25, 0.3) is 0 Å². The minimum atomic E-state index is -3.65. The second kappa shape index (κ2) is 4.77. The van der Waals surface area contributed by atoms with E-state index in [9.17, 15) is 8.42 Å². The van der Waals surface area contributed by atoms with E-state index in [1.807, 2.05) is 6.92 Å². The Hall–Kier alpha value is -1.12. The Morgan fingerprint density at radius 3 is 2.58 bits per heavy atom. The Labute approximate surface area is 113 Å². The predicted octanol–water partition coefficient (Wildman–Crippen LogP) is 0.109. The van der Waals surface area contributed by atoms with Gasteiger partial charge >= 0.3 is 0 Å². The average molecular weight is 288 g/mol. The molecular weight excluding hydrogens is 268 g/mol. The van der Waals surface area contributed by atoms with Gasteiger partial charge in [-0.25, -0.2) is 8.42 Å². The number of ether oxygens (including phenoxy) is 1. The smallest absolute Gasteiger partial charge is 0.248 e. The van der Waals surface area contributed by atoms with Crippen LogP contribution in [0.25, 0.3) is 0 Å². The maximum absolute atomic E-state index is 12.7. The number of nitrogen functional groups attached to an aromatic ring is 1. The van der Waals surface area contributed by atoms with Gasteiger partial charge in [-0.15, -0.1) is 0 Å². The van der Waals surface area contributed by atoms with Crippen LogP contribution < -0.4 is 5.73 Å². The molecule has 108 valence electrons. The van der Waals surface area contributed by atoms with E-state index in [0.717, 1.165) is 0 Å². The number of aryl methyl sites for hydroxylation is 1. The zero-order valence-electron chi connectivity index (χ0n) is 11.6. The van der Waals surface area contributed by atoms with Crippen molar-refractivity contribution in [2.75, 3.05) is 19.4 Å². The van der Waals surface area contributed by atoms with Gasteiger partial charge in [0.05, 0.1) is 17.8 Å². The summed E-state index contributed by atoms with van der Waals surface area (Å²) in [5.74, 6) is 0.0402. The number of hydrogen-bond acceptors (Lipinski definition) is 5. The van der Waals surface area contributed by atoms with Gasteiger partial charge in [-0.3, -0.25) is 4.68 Å². The summed E-state index contributed by atoms with van der Waals surface area (Å²) in [5, 5.41) is 3.96. The first kappa shape index (κ1) is 14.3. The number of nitrogens with two attached hydrogens (primary N) is 1. The van der Waals surface area contributed by atoms with Gasteiger partial charge in [-0.2, -0.15) is 9.40 Å². The molecule has 1 fully saturated rings. The van der Waals surface area contributed by atoms with Gasteiger partial charge in [0.2, 0.25) is 10.0 Å². The third-order valence-electron chi connectivity index (χ3n) is 3.74. The lowest BCUT2D eigenvalue weighted by Crippen LogP contribution is -2.41. The molecule has 2 heterocycles. The highest BCUT2D eigenvalue weighted by Gasteiger charge is 2.38. The van der Waals surface area contributed by atoms with Gasteiger partial charge < -0.3 is 10.5 Å². The molecular formula is C11H20N4O3S. The van der Waals surface area contributed by atoms with Crippen LogP contribution in [0, 0.1) is 6.92 Å². The van der Waals surface area contributed by atoms with Gasteiger partial charge in [-0.05, 0) is 20.3 Å². The number of aromatic nitrogens is 2. The molecule has 2 rings (SSSR count). The van der Waals surface area contributed by atoms with E-state index >= 15 is 0 Å². The molecule has 1 aromatic heterocycles. The molecule has 1 saturated heterocycles. The van der Waals surface area contributed by atoms with Crippen molar-refractivity contribution in [2.45, 2.75) is 37.3 Å². The first-order valence-electron chi connectivity index (χ1n) is 6.15. The number of sulfonamides is 1. The predicted molar refractivity (Wildman–Crippen MR) is 71.1 cm³/mol. The number of anilines is 1. The van der Waals surface area contributed by atoms with E-state index in [4.69, 9.17) is 10.5 Å². The highest BCUT2D eigenvalue weighted by atomic mass is 32.2. The number of hydrogen-bond donors (Lipinski definition) is 1. The van der Waals surface area contributed by atoms with E-state index in [0.29, 0.717) is 18.7 Å². The molecule has 1 aliphatic heterocycles. The van der Waals surface area contributed by atoms with Crippen LogP contribution in [0.1, 0.15) is 19.0 Å². The molecule has 0 radical (unpaired) electrons. The first-order chi connectivity index (χ1) is 8.76. The van der Waals surface area contributed by atoms with Crippen molar-refractivity contribution in [1.82, 2.24) is 14.1 Å². The maximum Gasteiger partial charge on any atom is 0.248 e. The minimum absolute atomic E-state index is 0.0402. The minimum Gasteiger partial charge on any atom is -0.381 e. The Morgan fingerprint density at radius 2 is 2.16 bits per heavy atom. The lowest BCUT2D eigenvalue weighted by Gasteiger charge is -2.25. The van der Waals surface area contributed by atoms with Gasteiger partial charge in [0, 0.05) is 20.7 Å². The normalized spacial score (nSPS) is 24.3. The van der Waals surface area contributed by atoms with Crippen LogP contribution in [0.5, 0.6) is 0 Å². The standard InChI is InChI=1S/C11H20N4O3S/c1-7-10(11(12)13-14(7)3)19(16,17)15(4)9-5-6-18-8(9)2/h8-9H,5-6H2,1-4H3,(H2,12,13). The quantitative estimate of drug-likeness (QED) is 0.852. The monoisotopic (exact) mass is 288 g/mol. The largest absolute Gasteiger partial charge is 0.381 e. The highest BCUT2D eigenvalue weighted by Crippen LogP contribution is 2.29. The van der Waals surface area contributed by atoms with Crippen molar-refractivity contribution in [3.05, 3.63) is 5.69 Å². The molecule has 2 N–H and O–H groups in total. The van der Waals surface area contributed by atoms with Crippen LogP contribution in [-0.2, 0) is 21.8 Å². The zero-order valence-corrected chi connectivity index (χ0v) is 12.4. The van der Waals surface area contributed by atoms with E-state index in [-0.39, 0.29) is 22.9 Å². The lowest BCUT2D eigenvalue weighted by atomic mass is 10.2. The molecule has 7 nitrogen and oxygen atoms in total. The third kappa shape index (κ3) is 2.24. The van der Waals surface area contributed by atoms with Crippen molar-refractivity contribution in [2.24, 2.45) is 7.05 Å². The topological polar surface area (TPSA) is 90.4 Å². The zero-order chi connectivity index (χ0) is 14.4. The Bertz CT molecular complexity index is 581. The summed E-state index contributed by atoms with van der Waals surface area (Å²) >= 11 is 0. The third-order valence-corrected chi connectivity index (χ3v) is 5.79. The first-order valence-corrected chi connectivity index (χ1v) is 7.59. The van der Waals surface area contributed by atoms with Crippen molar-refractivity contribution in [3.8, 4) is 0 Å². The van der Waals surface area contributed by atoms with Crippen molar-refractivity contribution in [3.63, 3.8) is 0 Å². The van der Waals surface area contributed by atoms with Crippen LogP contribution in [-0.4, -0.2) is 48.3 Å². The van der Waals surface area contributed by atoms with Crippen molar-refractivity contribution < 1.29 is 13.2 Å². The molecule has 0 spiro atoms. The van der Waals surface area contributed by atoms with Crippen molar-refractivity contribution in [1.29, 1.82) is 0 Å². The summed E-state index contributed by atoms with van der Waals surface area (Å²) < 4.78 is 33.6. The fraction of sp³-hybridized carbons (Fsp3) is 0.727. The Morgan fingerprint density at radius 1 is 1.53 bits per heavy atom. The molecule has 1 aromatic rings. The summed E-state index contributed by atoms with van der Waals surface area (Å²) in [7, 11) is -0.412. The fourth-order valence-electron chi connectivity index (χ4n) is 2.45. The molecule has 0 aliphatic carbocycles. The van der Waals surface area contributed by atoms with E-state index in [1.165, 1.54) is 8.99 Å². The van der Waals surface area contributed by atoms with Crippen LogP contribution >= 0.6 is 0 Å². The SMILES string of the molecule is Cc1c(S(=O)(=O)N(C)C2CCOC2C)c(N)nn1C. The Kier molecular flexibility index (Phi) is 3.59. The van der Waals surface area contributed by atoms with Gasteiger partial charge in [-0.1, -0.05) is 0 Å². The maximum atomic E-state index is 12.7. The molecule has 0 bridgehead atoms. The van der Waals surface area contributed by atoms with Crippen LogP contribution in [0.3, 0.4) is 0 Å². The van der Waals surface area contributed by atoms with E-state index in [1.54, 1.807) is 21.0 Å². The van der Waals surface area contributed by atoms with Crippen molar-refractivity contribution >= 4 is 15.8 Å². The second-order valence-electron chi connectivity index (χ2n) is 4.88. The van der Waals surface area contributed by atoms with Crippen LogP contribution in [0.15, 0.2) is 4.90 Å². The summed E-state index contributed by atoms with van der Waals surface area (Å²) in [6.45, 7) is 4.15. The highest BCUT2D eigenvalue weighted by molar-refractivity contribution is 7.89. The summed E-state index contributed by atoms with van der Waals surface area (Å²) in [6.07, 6.45) is 0.578. The van der Waals surface area contributed by atoms with Gasteiger partial charge in [0.1, 0.15) is 4.90 Å². The summed E-state index contributed by atoms with van der Waals surface area (Å²) in [6, 6.07) is -0.163. The Balaban J connectivity index is 2.42. The molecule has 2 atom stereocenters. The average Bonchev–Trinajstić information content (AvgIpc) is 2.83. The molecule has 1 aliphatic rings. The molecule has 2 unspecified atom stereocenters. The van der Waals surface area contributed by atoms with Crippen LogP contribution in [0.2, 0.25) is 0 Å². The number of likely N-dealkylation sites (N-methyl/N-ethyl adjacent to an activating group) is 1.